The van der Waals surface area contributed by atoms with Crippen molar-refractivity contribution >= 4 is 11.8 Å². The van der Waals surface area contributed by atoms with Crippen molar-refractivity contribution in [3.63, 3.8) is 0 Å². The zero-order valence-corrected chi connectivity index (χ0v) is 15.7. The summed E-state index contributed by atoms with van der Waals surface area (Å²) >= 11 is 0. The molecule has 1 atom stereocenters. The quantitative estimate of drug-likeness (QED) is 0.701. The van der Waals surface area contributed by atoms with Crippen LogP contribution in [0.2, 0.25) is 0 Å². The van der Waals surface area contributed by atoms with Crippen molar-refractivity contribution in [1.29, 1.82) is 0 Å². The van der Waals surface area contributed by atoms with Crippen LogP contribution in [-0.2, 0) is 20.9 Å². The summed E-state index contributed by atoms with van der Waals surface area (Å²) in [6, 6.07) is 12.7. The predicted octanol–water partition coefficient (Wildman–Crippen LogP) is 1.54. The standard InChI is InChI=1S/C20H22N2O6/c1-25-15-5-3-4-14(9-15)18(26-2)11-22-20(24)19(23)21-10-13-6-7-16-17(8-13)28-12-27-16/h3-9,18H,10-12H2,1-2H3,(H,21,23)(H,22,24). The lowest BCUT2D eigenvalue weighted by Crippen LogP contribution is -2.41. The van der Waals surface area contributed by atoms with E-state index in [1.807, 2.05) is 24.3 Å². The number of ether oxygens (including phenoxy) is 4. The average Bonchev–Trinajstić information content (AvgIpc) is 3.20. The molecule has 2 N–H and O–H groups in total. The normalized spacial score (nSPS) is 12.9. The number of amides is 2. The minimum Gasteiger partial charge on any atom is -0.497 e. The molecule has 148 valence electrons. The molecule has 0 saturated heterocycles. The topological polar surface area (TPSA) is 95.1 Å². The van der Waals surface area contributed by atoms with E-state index < -0.39 is 17.9 Å². The van der Waals surface area contributed by atoms with E-state index in [9.17, 15) is 9.59 Å². The van der Waals surface area contributed by atoms with Gasteiger partial charge in [-0.2, -0.15) is 0 Å². The van der Waals surface area contributed by atoms with Gasteiger partial charge in [-0.05, 0) is 35.4 Å². The van der Waals surface area contributed by atoms with Gasteiger partial charge in [0.1, 0.15) is 5.75 Å². The Balaban J connectivity index is 1.50. The van der Waals surface area contributed by atoms with Crippen molar-refractivity contribution in [3.8, 4) is 17.2 Å². The summed E-state index contributed by atoms with van der Waals surface area (Å²) in [6.07, 6.45) is -0.402. The summed E-state index contributed by atoms with van der Waals surface area (Å²) < 4.78 is 21.1. The molecule has 8 nitrogen and oxygen atoms in total. The molecule has 1 aliphatic rings. The first kappa shape index (κ1) is 19.5. The van der Waals surface area contributed by atoms with Gasteiger partial charge in [0.25, 0.3) is 0 Å². The van der Waals surface area contributed by atoms with E-state index in [-0.39, 0.29) is 19.9 Å². The molecular weight excluding hydrogens is 364 g/mol. The lowest BCUT2D eigenvalue weighted by Gasteiger charge is -2.17. The van der Waals surface area contributed by atoms with Crippen LogP contribution in [-0.4, -0.2) is 39.4 Å². The van der Waals surface area contributed by atoms with E-state index in [0.717, 1.165) is 11.1 Å². The highest BCUT2D eigenvalue weighted by Gasteiger charge is 2.18. The molecule has 1 heterocycles. The second-order valence-corrected chi connectivity index (χ2v) is 6.08. The number of benzene rings is 2. The van der Waals surface area contributed by atoms with Crippen molar-refractivity contribution in [1.82, 2.24) is 10.6 Å². The molecule has 0 fully saturated rings. The van der Waals surface area contributed by atoms with Crippen LogP contribution in [0.3, 0.4) is 0 Å². The van der Waals surface area contributed by atoms with Gasteiger partial charge in [0, 0.05) is 20.2 Å². The maximum Gasteiger partial charge on any atom is 0.309 e. The van der Waals surface area contributed by atoms with E-state index in [2.05, 4.69) is 10.6 Å². The van der Waals surface area contributed by atoms with E-state index in [0.29, 0.717) is 17.2 Å². The highest BCUT2D eigenvalue weighted by molar-refractivity contribution is 6.35. The maximum absolute atomic E-state index is 12.1. The number of methoxy groups -OCH3 is 2. The molecule has 8 heteroatoms. The summed E-state index contributed by atoms with van der Waals surface area (Å²) in [5, 5.41) is 5.17. The zero-order chi connectivity index (χ0) is 19.9. The van der Waals surface area contributed by atoms with Crippen LogP contribution < -0.4 is 24.8 Å². The number of rotatable bonds is 7. The monoisotopic (exact) mass is 386 g/mol. The van der Waals surface area contributed by atoms with Gasteiger partial charge in [0.15, 0.2) is 11.5 Å². The molecule has 1 unspecified atom stereocenters. The molecule has 0 bridgehead atoms. The summed E-state index contributed by atoms with van der Waals surface area (Å²) in [4.78, 5) is 24.1. The lowest BCUT2D eigenvalue weighted by atomic mass is 10.1. The molecule has 0 spiro atoms. The fraction of sp³-hybridized carbons (Fsp3) is 0.300. The molecule has 0 radical (unpaired) electrons. The first-order valence-electron chi connectivity index (χ1n) is 8.72. The number of hydrogen-bond donors (Lipinski definition) is 2. The van der Waals surface area contributed by atoms with E-state index in [1.165, 1.54) is 7.11 Å². The predicted molar refractivity (Wildman–Crippen MR) is 100 cm³/mol. The van der Waals surface area contributed by atoms with Crippen LogP contribution >= 0.6 is 0 Å². The maximum atomic E-state index is 12.1. The Morgan fingerprint density at radius 2 is 1.82 bits per heavy atom. The number of hydrogen-bond acceptors (Lipinski definition) is 6. The molecule has 3 rings (SSSR count). The van der Waals surface area contributed by atoms with Gasteiger partial charge in [-0.25, -0.2) is 0 Å². The van der Waals surface area contributed by atoms with Crippen molar-refractivity contribution in [2.24, 2.45) is 0 Å². The lowest BCUT2D eigenvalue weighted by molar-refractivity contribution is -0.139. The second kappa shape index (κ2) is 9.09. The highest BCUT2D eigenvalue weighted by atomic mass is 16.7. The molecule has 1 aliphatic heterocycles. The van der Waals surface area contributed by atoms with Crippen LogP contribution in [0.4, 0.5) is 0 Å². The van der Waals surface area contributed by atoms with Crippen LogP contribution in [0, 0.1) is 0 Å². The molecular formula is C20H22N2O6. The first-order valence-corrected chi connectivity index (χ1v) is 8.72. The van der Waals surface area contributed by atoms with Gasteiger partial charge in [0.05, 0.1) is 13.2 Å². The summed E-state index contributed by atoms with van der Waals surface area (Å²) in [5.41, 5.74) is 1.64. The van der Waals surface area contributed by atoms with Crippen LogP contribution in [0.25, 0.3) is 0 Å². The van der Waals surface area contributed by atoms with Gasteiger partial charge in [-0.1, -0.05) is 18.2 Å². The van der Waals surface area contributed by atoms with Crippen LogP contribution in [0.1, 0.15) is 17.2 Å². The summed E-state index contributed by atoms with van der Waals surface area (Å²) in [6.45, 7) is 0.536. The van der Waals surface area contributed by atoms with Gasteiger partial charge in [-0.3, -0.25) is 9.59 Å². The van der Waals surface area contributed by atoms with Gasteiger partial charge < -0.3 is 29.6 Å². The number of nitrogens with one attached hydrogen (secondary N) is 2. The fourth-order valence-electron chi connectivity index (χ4n) is 2.76. The average molecular weight is 386 g/mol. The SMILES string of the molecule is COc1cccc(C(CNC(=O)C(=O)NCc2ccc3c(c2)OCO3)OC)c1. The molecule has 0 aromatic heterocycles. The van der Waals surface area contributed by atoms with Crippen LogP contribution in [0.5, 0.6) is 17.2 Å². The molecule has 0 aliphatic carbocycles. The zero-order valence-electron chi connectivity index (χ0n) is 15.7. The smallest absolute Gasteiger partial charge is 0.309 e. The minimum atomic E-state index is -0.731. The number of fused-ring (bicyclic) bond motifs is 1. The minimum absolute atomic E-state index is 0.153. The first-order chi connectivity index (χ1) is 13.6. The summed E-state index contributed by atoms with van der Waals surface area (Å²) in [7, 11) is 3.11. The number of carbonyl (C=O) groups excluding carboxylic acids is 2. The molecule has 2 aromatic rings. The van der Waals surface area contributed by atoms with E-state index in [1.54, 1.807) is 25.3 Å². The Morgan fingerprint density at radius 3 is 2.61 bits per heavy atom. The van der Waals surface area contributed by atoms with Crippen molar-refractivity contribution in [3.05, 3.63) is 53.6 Å². The van der Waals surface area contributed by atoms with Crippen molar-refractivity contribution < 1.29 is 28.5 Å². The highest BCUT2D eigenvalue weighted by Crippen LogP contribution is 2.32. The van der Waals surface area contributed by atoms with Crippen molar-refractivity contribution in [2.45, 2.75) is 12.6 Å². The third-order valence-electron chi connectivity index (χ3n) is 4.29. The van der Waals surface area contributed by atoms with E-state index >= 15 is 0 Å². The third kappa shape index (κ3) is 4.72. The second-order valence-electron chi connectivity index (χ2n) is 6.08. The largest absolute Gasteiger partial charge is 0.497 e. The summed E-state index contributed by atoms with van der Waals surface area (Å²) in [5.74, 6) is 0.518. The van der Waals surface area contributed by atoms with Gasteiger partial charge in [-0.15, -0.1) is 0 Å². The fourth-order valence-corrected chi connectivity index (χ4v) is 2.76. The molecule has 2 aromatic carbocycles. The molecule has 28 heavy (non-hydrogen) atoms. The van der Waals surface area contributed by atoms with Crippen molar-refractivity contribution in [2.75, 3.05) is 27.6 Å². The Kier molecular flexibility index (Phi) is 6.33. The van der Waals surface area contributed by atoms with Crippen LogP contribution in [0.15, 0.2) is 42.5 Å². The molecule has 2 amide bonds. The van der Waals surface area contributed by atoms with Gasteiger partial charge in [0.2, 0.25) is 6.79 Å². The van der Waals surface area contributed by atoms with Gasteiger partial charge >= 0.3 is 11.8 Å². The third-order valence-corrected chi connectivity index (χ3v) is 4.29. The Hall–Kier alpha value is -3.26. The molecule has 0 saturated carbocycles. The Morgan fingerprint density at radius 1 is 1.04 bits per heavy atom. The Bertz CT molecular complexity index is 854. The Labute approximate surface area is 162 Å². The number of carbonyl (C=O) groups is 2. The van der Waals surface area contributed by atoms with E-state index in [4.69, 9.17) is 18.9 Å².